The van der Waals surface area contributed by atoms with Crippen molar-refractivity contribution in [1.82, 2.24) is 9.97 Å². The van der Waals surface area contributed by atoms with Gasteiger partial charge in [-0.15, -0.1) is 11.8 Å². The minimum absolute atomic E-state index is 0.0553. The van der Waals surface area contributed by atoms with E-state index in [0.717, 1.165) is 11.0 Å². The van der Waals surface area contributed by atoms with Gasteiger partial charge in [-0.05, 0) is 24.3 Å². The number of para-hydroxylation sites is 3. The van der Waals surface area contributed by atoms with Gasteiger partial charge in [-0.2, -0.15) is 5.10 Å². The molecule has 3 rings (SSSR count). The van der Waals surface area contributed by atoms with Gasteiger partial charge in [0.1, 0.15) is 10.8 Å². The van der Waals surface area contributed by atoms with E-state index in [0.29, 0.717) is 22.2 Å². The van der Waals surface area contributed by atoms with E-state index >= 15 is 0 Å². The van der Waals surface area contributed by atoms with Crippen molar-refractivity contribution in [2.75, 3.05) is 17.8 Å². The Balaban J connectivity index is 1.87. The molecule has 6 nitrogen and oxygen atoms in total. The molecule has 1 heterocycles. The Morgan fingerprint density at radius 1 is 1.04 bits per heavy atom. The maximum absolute atomic E-state index is 9.74. The molecule has 3 aromatic rings. The molecule has 0 aliphatic heterocycles. The molecule has 0 bridgehead atoms. The van der Waals surface area contributed by atoms with E-state index in [4.69, 9.17) is 5.11 Å². The van der Waals surface area contributed by atoms with Crippen molar-refractivity contribution in [3.8, 4) is 5.75 Å². The SMILES string of the molecule is OCCSc1nc2ccccc2nc1N/N=C/c1ccccc1O. The summed E-state index contributed by atoms with van der Waals surface area (Å²) in [7, 11) is 0. The zero-order valence-electron chi connectivity index (χ0n) is 12.8. The number of nitrogens with one attached hydrogen (secondary N) is 1. The fourth-order valence-corrected chi connectivity index (χ4v) is 2.73. The van der Waals surface area contributed by atoms with E-state index in [1.54, 1.807) is 18.2 Å². The van der Waals surface area contributed by atoms with Crippen LogP contribution in [-0.4, -0.2) is 38.8 Å². The van der Waals surface area contributed by atoms with E-state index in [1.165, 1.54) is 18.0 Å². The second-order valence-electron chi connectivity index (χ2n) is 4.87. The number of hydrazone groups is 1. The van der Waals surface area contributed by atoms with Crippen molar-refractivity contribution in [2.45, 2.75) is 5.03 Å². The number of hydrogen-bond donors (Lipinski definition) is 3. The summed E-state index contributed by atoms with van der Waals surface area (Å²) in [6, 6.07) is 14.5. The molecule has 0 radical (unpaired) electrons. The van der Waals surface area contributed by atoms with Crippen LogP contribution in [0.15, 0.2) is 58.7 Å². The lowest BCUT2D eigenvalue weighted by atomic mass is 10.2. The van der Waals surface area contributed by atoms with Crippen LogP contribution in [-0.2, 0) is 0 Å². The number of hydrogen-bond acceptors (Lipinski definition) is 7. The Labute approximate surface area is 143 Å². The fraction of sp³-hybridized carbons (Fsp3) is 0.118. The van der Waals surface area contributed by atoms with Gasteiger partial charge < -0.3 is 10.2 Å². The first kappa shape index (κ1) is 16.2. The van der Waals surface area contributed by atoms with E-state index in [1.807, 2.05) is 30.3 Å². The summed E-state index contributed by atoms with van der Waals surface area (Å²) in [5, 5.41) is 23.6. The Hall–Kier alpha value is -2.64. The summed E-state index contributed by atoms with van der Waals surface area (Å²) in [5.41, 5.74) is 5.01. The Bertz CT molecular complexity index is 870. The van der Waals surface area contributed by atoms with Crippen molar-refractivity contribution in [3.63, 3.8) is 0 Å². The van der Waals surface area contributed by atoms with Gasteiger partial charge in [0.05, 0.1) is 23.9 Å². The topological polar surface area (TPSA) is 90.6 Å². The van der Waals surface area contributed by atoms with Gasteiger partial charge in [0.15, 0.2) is 5.82 Å². The quantitative estimate of drug-likeness (QED) is 0.363. The summed E-state index contributed by atoms with van der Waals surface area (Å²) in [5.74, 6) is 1.19. The second kappa shape index (κ2) is 7.76. The van der Waals surface area contributed by atoms with Crippen LogP contribution >= 0.6 is 11.8 Å². The summed E-state index contributed by atoms with van der Waals surface area (Å²) in [4.78, 5) is 9.09. The number of aliphatic hydroxyl groups is 1. The van der Waals surface area contributed by atoms with Crippen molar-refractivity contribution in [1.29, 1.82) is 0 Å². The molecule has 122 valence electrons. The first-order chi connectivity index (χ1) is 11.8. The predicted molar refractivity (Wildman–Crippen MR) is 96.7 cm³/mol. The number of rotatable bonds is 6. The van der Waals surface area contributed by atoms with E-state index < -0.39 is 0 Å². The number of thioether (sulfide) groups is 1. The lowest BCUT2D eigenvalue weighted by Gasteiger charge is -2.08. The Kier molecular flexibility index (Phi) is 5.25. The molecular weight excluding hydrogens is 324 g/mol. The third-order valence-electron chi connectivity index (χ3n) is 3.18. The minimum atomic E-state index is 0.0553. The van der Waals surface area contributed by atoms with E-state index in [2.05, 4.69) is 20.5 Å². The monoisotopic (exact) mass is 340 g/mol. The number of aromatic hydroxyl groups is 1. The minimum Gasteiger partial charge on any atom is -0.507 e. The van der Waals surface area contributed by atoms with Crippen LogP contribution in [0.3, 0.4) is 0 Å². The smallest absolute Gasteiger partial charge is 0.179 e. The largest absolute Gasteiger partial charge is 0.507 e. The first-order valence-electron chi connectivity index (χ1n) is 7.35. The van der Waals surface area contributed by atoms with Crippen molar-refractivity contribution >= 4 is 34.8 Å². The van der Waals surface area contributed by atoms with Crippen LogP contribution in [0.25, 0.3) is 11.0 Å². The van der Waals surface area contributed by atoms with Crippen LogP contribution in [0, 0.1) is 0 Å². The van der Waals surface area contributed by atoms with Crippen molar-refractivity contribution < 1.29 is 10.2 Å². The average molecular weight is 340 g/mol. The molecule has 0 spiro atoms. The third-order valence-corrected chi connectivity index (χ3v) is 4.12. The summed E-state index contributed by atoms with van der Waals surface area (Å²) in [6.07, 6.45) is 1.52. The van der Waals surface area contributed by atoms with Gasteiger partial charge in [0, 0.05) is 11.3 Å². The van der Waals surface area contributed by atoms with Crippen LogP contribution in [0.2, 0.25) is 0 Å². The standard InChI is InChI=1S/C17H16N4O2S/c22-9-10-24-17-16(19-13-6-2-3-7-14(13)20-17)21-18-11-12-5-1-4-8-15(12)23/h1-8,11,22-23H,9-10H2,(H,19,21)/b18-11+. The predicted octanol–water partition coefficient (Wildman–Crippen LogP) is 2.87. The maximum atomic E-state index is 9.74. The molecule has 24 heavy (non-hydrogen) atoms. The molecule has 7 heteroatoms. The molecule has 3 N–H and O–H groups in total. The summed E-state index contributed by atoms with van der Waals surface area (Å²) in [6.45, 7) is 0.0553. The van der Waals surface area contributed by atoms with Crippen molar-refractivity contribution in [2.24, 2.45) is 5.10 Å². The molecule has 0 unspecified atom stereocenters. The molecule has 1 aromatic heterocycles. The van der Waals surface area contributed by atoms with Gasteiger partial charge in [-0.25, -0.2) is 9.97 Å². The van der Waals surface area contributed by atoms with E-state index in [9.17, 15) is 5.11 Å². The van der Waals surface area contributed by atoms with Gasteiger partial charge in [0.2, 0.25) is 0 Å². The van der Waals surface area contributed by atoms with Gasteiger partial charge in [-0.3, -0.25) is 5.43 Å². The van der Waals surface area contributed by atoms with Crippen LogP contribution in [0.4, 0.5) is 5.82 Å². The number of aliphatic hydroxyl groups excluding tert-OH is 1. The fourth-order valence-electron chi connectivity index (χ4n) is 2.06. The number of fused-ring (bicyclic) bond motifs is 1. The van der Waals surface area contributed by atoms with Crippen LogP contribution in [0.5, 0.6) is 5.75 Å². The summed E-state index contributed by atoms with van der Waals surface area (Å²) >= 11 is 1.40. The number of phenols is 1. The third kappa shape index (κ3) is 3.81. The van der Waals surface area contributed by atoms with Gasteiger partial charge >= 0.3 is 0 Å². The van der Waals surface area contributed by atoms with E-state index in [-0.39, 0.29) is 12.4 Å². The normalized spacial score (nSPS) is 11.2. The highest BCUT2D eigenvalue weighted by atomic mass is 32.2. The molecular formula is C17H16N4O2S. The first-order valence-corrected chi connectivity index (χ1v) is 8.34. The highest BCUT2D eigenvalue weighted by molar-refractivity contribution is 7.99. The Morgan fingerprint density at radius 3 is 2.50 bits per heavy atom. The highest BCUT2D eigenvalue weighted by Crippen LogP contribution is 2.26. The zero-order chi connectivity index (χ0) is 16.8. The highest BCUT2D eigenvalue weighted by Gasteiger charge is 2.08. The Morgan fingerprint density at radius 2 is 1.75 bits per heavy atom. The number of benzene rings is 2. The van der Waals surface area contributed by atoms with Crippen LogP contribution in [0.1, 0.15) is 5.56 Å². The van der Waals surface area contributed by atoms with Gasteiger partial charge in [0.25, 0.3) is 0 Å². The molecule has 0 aliphatic rings. The number of phenolic OH excluding ortho intramolecular Hbond substituents is 1. The number of nitrogens with zero attached hydrogens (tertiary/aromatic N) is 3. The molecule has 0 saturated carbocycles. The van der Waals surface area contributed by atoms with Crippen LogP contribution < -0.4 is 5.43 Å². The molecule has 0 saturated heterocycles. The average Bonchev–Trinajstić information content (AvgIpc) is 2.61. The number of anilines is 1. The van der Waals surface area contributed by atoms with Crippen molar-refractivity contribution in [3.05, 3.63) is 54.1 Å². The molecule has 0 aliphatic carbocycles. The number of aromatic nitrogens is 2. The lowest BCUT2D eigenvalue weighted by Crippen LogP contribution is -2.00. The molecule has 0 atom stereocenters. The summed E-state index contributed by atoms with van der Waals surface area (Å²) < 4.78 is 0. The molecule has 2 aromatic carbocycles. The zero-order valence-corrected chi connectivity index (χ0v) is 13.6. The lowest BCUT2D eigenvalue weighted by molar-refractivity contribution is 0.322. The second-order valence-corrected chi connectivity index (χ2v) is 5.95. The molecule has 0 fully saturated rings. The van der Waals surface area contributed by atoms with Gasteiger partial charge in [-0.1, -0.05) is 24.3 Å². The molecule has 0 amide bonds. The maximum Gasteiger partial charge on any atom is 0.179 e.